The van der Waals surface area contributed by atoms with Crippen LogP contribution in [0, 0.1) is 0 Å². The Kier molecular flexibility index (Phi) is 4.21. The molecule has 1 aliphatic heterocycles. The minimum Gasteiger partial charge on any atom is -0.472 e. The van der Waals surface area contributed by atoms with Crippen LogP contribution in [-0.4, -0.2) is 44.0 Å². The topological polar surface area (TPSA) is 84.4 Å². The molecule has 1 saturated heterocycles. The summed E-state index contributed by atoms with van der Waals surface area (Å²) >= 11 is 0. The van der Waals surface area contributed by atoms with Crippen LogP contribution in [0.25, 0.3) is 0 Å². The van der Waals surface area contributed by atoms with Crippen LogP contribution in [0.5, 0.6) is 0 Å². The standard InChI is InChI=1S/C16H22N4O3/c1-12(2)20-9-14(17-18-20)16(22)6-7-19(11-16)15(21)4-3-13-5-8-23-10-13/h5,8-10,12,22H,3-4,6-7,11H2,1-2H3. The lowest BCUT2D eigenvalue weighted by atomic mass is 10.00. The predicted octanol–water partition coefficient (Wildman–Crippen LogP) is 1.50. The molecule has 0 spiro atoms. The number of aryl methyl sites for hydroxylation is 1. The maximum atomic E-state index is 12.3. The molecule has 1 amide bonds. The van der Waals surface area contributed by atoms with Gasteiger partial charge in [-0.2, -0.15) is 0 Å². The zero-order valence-corrected chi connectivity index (χ0v) is 13.5. The van der Waals surface area contributed by atoms with Gasteiger partial charge in [0.1, 0.15) is 11.3 Å². The quantitative estimate of drug-likeness (QED) is 0.903. The van der Waals surface area contributed by atoms with E-state index in [0.29, 0.717) is 31.5 Å². The van der Waals surface area contributed by atoms with Crippen molar-refractivity contribution in [1.82, 2.24) is 19.9 Å². The fraction of sp³-hybridized carbons (Fsp3) is 0.562. The first-order valence-electron chi connectivity index (χ1n) is 7.91. The van der Waals surface area contributed by atoms with Gasteiger partial charge >= 0.3 is 0 Å². The average Bonchev–Trinajstić information content (AvgIpc) is 3.25. The number of likely N-dealkylation sites (tertiary alicyclic amines) is 1. The van der Waals surface area contributed by atoms with Gasteiger partial charge in [-0.05, 0) is 31.9 Å². The number of nitrogens with zero attached hydrogens (tertiary/aromatic N) is 4. The lowest BCUT2D eigenvalue weighted by molar-refractivity contribution is -0.131. The van der Waals surface area contributed by atoms with Crippen LogP contribution < -0.4 is 0 Å². The Morgan fingerprint density at radius 1 is 1.52 bits per heavy atom. The number of aliphatic hydroxyl groups is 1. The molecule has 7 nitrogen and oxygen atoms in total. The summed E-state index contributed by atoms with van der Waals surface area (Å²) in [5.41, 5.74) is 0.447. The van der Waals surface area contributed by atoms with Gasteiger partial charge in [0.2, 0.25) is 5.91 Å². The largest absolute Gasteiger partial charge is 0.472 e. The lowest BCUT2D eigenvalue weighted by Gasteiger charge is -2.21. The van der Waals surface area contributed by atoms with Gasteiger partial charge in [-0.15, -0.1) is 5.10 Å². The Morgan fingerprint density at radius 3 is 3.00 bits per heavy atom. The molecule has 3 heterocycles. The molecular formula is C16H22N4O3. The molecule has 2 aromatic heterocycles. The van der Waals surface area contributed by atoms with Crippen molar-refractivity contribution in [2.75, 3.05) is 13.1 Å². The fourth-order valence-corrected chi connectivity index (χ4v) is 2.80. The van der Waals surface area contributed by atoms with Gasteiger partial charge < -0.3 is 14.4 Å². The van der Waals surface area contributed by atoms with Crippen molar-refractivity contribution in [1.29, 1.82) is 0 Å². The van der Waals surface area contributed by atoms with Crippen molar-refractivity contribution in [2.45, 2.75) is 44.8 Å². The molecule has 7 heteroatoms. The van der Waals surface area contributed by atoms with Gasteiger partial charge in [0, 0.05) is 25.4 Å². The molecule has 1 fully saturated rings. The molecular weight excluding hydrogens is 296 g/mol. The van der Waals surface area contributed by atoms with Crippen molar-refractivity contribution in [3.8, 4) is 0 Å². The molecule has 0 aliphatic carbocycles. The molecule has 3 rings (SSSR count). The van der Waals surface area contributed by atoms with E-state index in [0.717, 1.165) is 5.56 Å². The summed E-state index contributed by atoms with van der Waals surface area (Å²) in [6.07, 6.45) is 6.57. The summed E-state index contributed by atoms with van der Waals surface area (Å²) in [6.45, 7) is 4.81. The van der Waals surface area contributed by atoms with Gasteiger partial charge in [0.05, 0.1) is 25.3 Å². The van der Waals surface area contributed by atoms with E-state index in [4.69, 9.17) is 4.42 Å². The SMILES string of the molecule is CC(C)n1cc(C2(O)CCN(C(=O)CCc3ccoc3)C2)nn1. The molecule has 23 heavy (non-hydrogen) atoms. The highest BCUT2D eigenvalue weighted by Crippen LogP contribution is 2.31. The zero-order valence-electron chi connectivity index (χ0n) is 13.5. The van der Waals surface area contributed by atoms with E-state index in [-0.39, 0.29) is 18.5 Å². The Labute approximate surface area is 134 Å². The smallest absolute Gasteiger partial charge is 0.223 e. The fourth-order valence-electron chi connectivity index (χ4n) is 2.80. The highest BCUT2D eigenvalue weighted by molar-refractivity contribution is 5.77. The zero-order chi connectivity index (χ0) is 16.4. The van der Waals surface area contributed by atoms with E-state index in [2.05, 4.69) is 10.3 Å². The highest BCUT2D eigenvalue weighted by Gasteiger charge is 2.41. The third kappa shape index (κ3) is 3.29. The van der Waals surface area contributed by atoms with Crippen LogP contribution in [0.15, 0.2) is 29.2 Å². The number of carbonyl (C=O) groups excluding carboxylic acids is 1. The van der Waals surface area contributed by atoms with Crippen LogP contribution in [0.2, 0.25) is 0 Å². The molecule has 0 bridgehead atoms. The van der Waals surface area contributed by atoms with E-state index in [1.165, 1.54) is 0 Å². The Bertz CT molecular complexity index is 665. The van der Waals surface area contributed by atoms with E-state index >= 15 is 0 Å². The van der Waals surface area contributed by atoms with Crippen LogP contribution in [0.1, 0.15) is 44.0 Å². The van der Waals surface area contributed by atoms with Crippen molar-refractivity contribution < 1.29 is 14.3 Å². The second kappa shape index (κ2) is 6.16. The minimum absolute atomic E-state index is 0.0402. The van der Waals surface area contributed by atoms with Gasteiger partial charge in [-0.25, -0.2) is 4.68 Å². The number of furan rings is 1. The summed E-state index contributed by atoms with van der Waals surface area (Å²) in [5, 5.41) is 18.9. The summed E-state index contributed by atoms with van der Waals surface area (Å²) in [4.78, 5) is 14.0. The second-order valence-electron chi connectivity index (χ2n) is 6.41. The Balaban J connectivity index is 1.61. The number of amides is 1. The highest BCUT2D eigenvalue weighted by atomic mass is 16.3. The number of rotatable bonds is 5. The average molecular weight is 318 g/mol. The van der Waals surface area contributed by atoms with Crippen LogP contribution in [0.3, 0.4) is 0 Å². The molecule has 1 N–H and O–H groups in total. The van der Waals surface area contributed by atoms with Gasteiger partial charge in [-0.1, -0.05) is 5.21 Å². The molecule has 2 aromatic rings. The first-order valence-corrected chi connectivity index (χ1v) is 7.91. The third-order valence-corrected chi connectivity index (χ3v) is 4.32. The van der Waals surface area contributed by atoms with Crippen molar-refractivity contribution in [3.05, 3.63) is 36.0 Å². The molecule has 1 aliphatic rings. The van der Waals surface area contributed by atoms with Crippen LogP contribution in [-0.2, 0) is 16.8 Å². The summed E-state index contributed by atoms with van der Waals surface area (Å²) < 4.78 is 6.72. The van der Waals surface area contributed by atoms with E-state index in [1.807, 2.05) is 19.9 Å². The second-order valence-corrected chi connectivity index (χ2v) is 6.41. The van der Waals surface area contributed by atoms with E-state index in [9.17, 15) is 9.90 Å². The molecule has 1 atom stereocenters. The first-order chi connectivity index (χ1) is 11.0. The number of aromatic nitrogens is 3. The maximum absolute atomic E-state index is 12.3. The third-order valence-electron chi connectivity index (χ3n) is 4.32. The van der Waals surface area contributed by atoms with E-state index in [1.54, 1.807) is 28.3 Å². The van der Waals surface area contributed by atoms with E-state index < -0.39 is 5.60 Å². The molecule has 0 aromatic carbocycles. The number of hydrogen-bond acceptors (Lipinski definition) is 5. The predicted molar refractivity (Wildman–Crippen MR) is 82.5 cm³/mol. The molecule has 1 unspecified atom stereocenters. The molecule has 124 valence electrons. The Hall–Kier alpha value is -2.15. The summed E-state index contributed by atoms with van der Waals surface area (Å²) in [6, 6.07) is 2.05. The van der Waals surface area contributed by atoms with Crippen LogP contribution >= 0.6 is 0 Å². The number of β-amino-alcohol motifs (C(OH)–C–C–N with tert-alkyl or cyclic N) is 1. The van der Waals surface area contributed by atoms with Crippen molar-refractivity contribution >= 4 is 5.91 Å². The van der Waals surface area contributed by atoms with Crippen molar-refractivity contribution in [2.24, 2.45) is 0 Å². The van der Waals surface area contributed by atoms with Gasteiger partial charge in [-0.3, -0.25) is 4.79 Å². The number of hydrogen-bond donors (Lipinski definition) is 1. The summed E-state index contributed by atoms with van der Waals surface area (Å²) in [5.74, 6) is 0.0402. The van der Waals surface area contributed by atoms with Gasteiger partial charge in [0.25, 0.3) is 0 Å². The Morgan fingerprint density at radius 2 is 2.35 bits per heavy atom. The minimum atomic E-state index is -1.10. The monoisotopic (exact) mass is 318 g/mol. The summed E-state index contributed by atoms with van der Waals surface area (Å²) in [7, 11) is 0. The normalized spacial score (nSPS) is 21.3. The molecule has 0 radical (unpaired) electrons. The van der Waals surface area contributed by atoms with Crippen molar-refractivity contribution in [3.63, 3.8) is 0 Å². The lowest BCUT2D eigenvalue weighted by Crippen LogP contribution is -2.34. The van der Waals surface area contributed by atoms with Crippen LogP contribution in [0.4, 0.5) is 0 Å². The molecule has 0 saturated carbocycles. The first kappa shape index (κ1) is 15.7. The van der Waals surface area contributed by atoms with Gasteiger partial charge in [0.15, 0.2) is 0 Å². The maximum Gasteiger partial charge on any atom is 0.223 e. The number of carbonyl (C=O) groups is 1.